The Hall–Kier alpha value is -9.13. The minimum Gasteiger partial charge on any atom is -0.308 e. The third-order valence-electron chi connectivity index (χ3n) is 13.6. The normalized spacial score (nSPS) is 12.0. The maximum absolute atomic E-state index is 15.7. The summed E-state index contributed by atoms with van der Waals surface area (Å²) in [6, 6.07) is 69.2. The van der Waals surface area contributed by atoms with E-state index in [2.05, 4.69) is 6.07 Å². The molecular formula is C63H37F6N3. The smallest absolute Gasteiger partial charge is 0.308 e. The van der Waals surface area contributed by atoms with Gasteiger partial charge in [-0.2, -0.15) is 31.6 Å². The molecule has 2 heterocycles. The molecule has 0 aliphatic heterocycles. The van der Waals surface area contributed by atoms with E-state index < -0.39 is 29.0 Å². The molecule has 9 heteroatoms. The lowest BCUT2D eigenvalue weighted by Gasteiger charge is -2.24. The maximum atomic E-state index is 15.7. The maximum Gasteiger partial charge on any atom is 0.417 e. The van der Waals surface area contributed by atoms with Crippen molar-refractivity contribution in [3.8, 4) is 73.1 Å². The van der Waals surface area contributed by atoms with Gasteiger partial charge < -0.3 is 9.13 Å². The molecule has 0 saturated carbocycles. The van der Waals surface area contributed by atoms with Gasteiger partial charge in [-0.05, 0) is 129 Å². The number of nitrogens with zero attached hydrogens (tertiary/aromatic N) is 3. The number of aromatic nitrogens is 2. The molecule has 72 heavy (non-hydrogen) atoms. The highest BCUT2D eigenvalue weighted by Crippen LogP contribution is 2.49. The molecule has 0 bridgehead atoms. The predicted octanol–water partition coefficient (Wildman–Crippen LogP) is 18.1. The van der Waals surface area contributed by atoms with Gasteiger partial charge in [-0.1, -0.05) is 146 Å². The Kier molecular flexibility index (Phi) is 10.5. The highest BCUT2D eigenvalue weighted by atomic mass is 19.4. The summed E-state index contributed by atoms with van der Waals surface area (Å²) >= 11 is 0. The van der Waals surface area contributed by atoms with Gasteiger partial charge in [0.15, 0.2) is 0 Å². The second-order valence-corrected chi connectivity index (χ2v) is 17.8. The predicted molar refractivity (Wildman–Crippen MR) is 277 cm³/mol. The Morgan fingerprint density at radius 1 is 0.333 bits per heavy atom. The SMILES string of the molecule is N#Cc1cc(-n2c3ccc(-c4ccccc4)cc3c3cc(-c4ccccc4)ccc32)c(-c2cc(C(F)(F)F)ccc2C(F)(F)F)c(-n2c3ccc(-c4ccccc4)cc3c3cc(-c4ccccc4)ccc32)c1. The fraction of sp³-hybridized carbons (Fsp3) is 0.0317. The van der Waals surface area contributed by atoms with Crippen molar-refractivity contribution in [1.29, 1.82) is 5.26 Å². The van der Waals surface area contributed by atoms with Crippen molar-refractivity contribution in [3.63, 3.8) is 0 Å². The van der Waals surface area contributed by atoms with Gasteiger partial charge >= 0.3 is 12.4 Å². The van der Waals surface area contributed by atoms with Crippen molar-refractivity contribution in [2.24, 2.45) is 0 Å². The monoisotopic (exact) mass is 949 g/mol. The number of benzene rings is 10. The average Bonchev–Trinajstić information content (AvgIpc) is 3.92. The third-order valence-corrected chi connectivity index (χ3v) is 13.6. The summed E-state index contributed by atoms with van der Waals surface area (Å²) in [5.41, 5.74) is 6.44. The largest absolute Gasteiger partial charge is 0.417 e. The van der Waals surface area contributed by atoms with Crippen LogP contribution in [0.15, 0.2) is 224 Å². The molecule has 12 rings (SSSR count). The summed E-state index contributed by atoms with van der Waals surface area (Å²) < 4.78 is 95.8. The summed E-state index contributed by atoms with van der Waals surface area (Å²) in [6.45, 7) is 0. The van der Waals surface area contributed by atoms with E-state index in [4.69, 9.17) is 0 Å². The standard InChI is InChI=1S/C63H37F6N3/c64-62(65,66)48-25-26-54(63(67,68)69)53(37-48)61-59(71-55-27-21-44(40-13-5-1-6-14-40)33-49(55)50-34-45(22-28-56(50)71)41-15-7-2-8-16-41)31-39(38-70)32-60(61)72-57-29-23-46(42-17-9-3-10-18-42)35-51(57)52-36-47(24-30-58(52)72)43-19-11-4-12-20-43/h1-37H. The second-order valence-electron chi connectivity index (χ2n) is 17.8. The van der Waals surface area contributed by atoms with Crippen molar-refractivity contribution >= 4 is 43.6 Å². The molecule has 10 aromatic carbocycles. The van der Waals surface area contributed by atoms with Crippen LogP contribution in [0.5, 0.6) is 0 Å². The van der Waals surface area contributed by atoms with Crippen molar-refractivity contribution in [1.82, 2.24) is 9.13 Å². The minimum absolute atomic E-state index is 0.0814. The zero-order chi connectivity index (χ0) is 49.3. The first kappa shape index (κ1) is 44.1. The highest BCUT2D eigenvalue weighted by Gasteiger charge is 2.39. The lowest BCUT2D eigenvalue weighted by atomic mass is 9.92. The lowest BCUT2D eigenvalue weighted by Crippen LogP contribution is -2.13. The van der Waals surface area contributed by atoms with E-state index in [1.165, 1.54) is 12.1 Å². The van der Waals surface area contributed by atoms with Crippen LogP contribution < -0.4 is 0 Å². The van der Waals surface area contributed by atoms with Crippen LogP contribution in [0.25, 0.3) is 111 Å². The topological polar surface area (TPSA) is 33.6 Å². The first-order valence-corrected chi connectivity index (χ1v) is 23.2. The number of rotatable bonds is 7. The van der Waals surface area contributed by atoms with Crippen molar-refractivity contribution < 1.29 is 26.3 Å². The summed E-state index contributed by atoms with van der Waals surface area (Å²) in [5, 5.41) is 14.0. The molecule has 2 aromatic heterocycles. The molecule has 0 N–H and O–H groups in total. The fourth-order valence-corrected chi connectivity index (χ4v) is 10.3. The van der Waals surface area contributed by atoms with E-state index in [1.54, 1.807) is 9.13 Å². The Morgan fingerprint density at radius 3 is 0.958 bits per heavy atom. The van der Waals surface area contributed by atoms with Crippen LogP contribution in [-0.4, -0.2) is 9.13 Å². The number of alkyl halides is 6. The van der Waals surface area contributed by atoms with E-state index >= 15 is 13.2 Å². The minimum atomic E-state index is -5.10. The second kappa shape index (κ2) is 17.1. The van der Waals surface area contributed by atoms with Gasteiger partial charge in [0.2, 0.25) is 0 Å². The first-order valence-electron chi connectivity index (χ1n) is 23.2. The van der Waals surface area contributed by atoms with Gasteiger partial charge in [0.05, 0.1) is 56.2 Å². The third kappa shape index (κ3) is 7.56. The molecule has 12 aromatic rings. The van der Waals surface area contributed by atoms with Gasteiger partial charge in [0.1, 0.15) is 0 Å². The van der Waals surface area contributed by atoms with Gasteiger partial charge in [-0.25, -0.2) is 0 Å². The van der Waals surface area contributed by atoms with Crippen LogP contribution in [0.4, 0.5) is 26.3 Å². The summed E-state index contributed by atoms with van der Waals surface area (Å²) in [4.78, 5) is 0. The molecule has 346 valence electrons. The quantitative estimate of drug-likeness (QED) is 0.147. The number of hydrogen-bond donors (Lipinski definition) is 0. The highest BCUT2D eigenvalue weighted by molar-refractivity contribution is 6.14. The van der Waals surface area contributed by atoms with Crippen LogP contribution in [0.2, 0.25) is 0 Å². The molecule has 0 saturated heterocycles. The van der Waals surface area contributed by atoms with Gasteiger partial charge in [-0.3, -0.25) is 0 Å². The molecule has 3 nitrogen and oxygen atoms in total. The Labute approximate surface area is 409 Å². The van der Waals surface area contributed by atoms with Crippen LogP contribution >= 0.6 is 0 Å². The molecule has 0 fully saturated rings. The van der Waals surface area contributed by atoms with E-state index in [0.717, 1.165) is 66.1 Å². The summed E-state index contributed by atoms with van der Waals surface area (Å²) in [7, 11) is 0. The van der Waals surface area contributed by atoms with E-state index in [9.17, 15) is 18.4 Å². The van der Waals surface area contributed by atoms with Crippen LogP contribution in [0.3, 0.4) is 0 Å². The van der Waals surface area contributed by atoms with Crippen molar-refractivity contribution in [2.45, 2.75) is 12.4 Å². The van der Waals surface area contributed by atoms with Crippen LogP contribution in [-0.2, 0) is 12.4 Å². The summed E-state index contributed by atoms with van der Waals surface area (Å²) in [6.07, 6.45) is -10.1. The van der Waals surface area contributed by atoms with Crippen molar-refractivity contribution in [3.05, 3.63) is 241 Å². The molecule has 0 spiro atoms. The van der Waals surface area contributed by atoms with Crippen LogP contribution in [0, 0.1) is 11.3 Å². The van der Waals surface area contributed by atoms with E-state index in [1.807, 2.05) is 194 Å². The lowest BCUT2D eigenvalue weighted by molar-refractivity contribution is -0.141. The molecule has 0 radical (unpaired) electrons. The first-order chi connectivity index (χ1) is 34.9. The molecule has 0 atom stereocenters. The number of hydrogen-bond acceptors (Lipinski definition) is 1. The van der Waals surface area contributed by atoms with Gasteiger partial charge in [0, 0.05) is 27.1 Å². The van der Waals surface area contributed by atoms with E-state index in [-0.39, 0.29) is 22.5 Å². The average molecular weight is 950 g/mol. The molecular weight excluding hydrogens is 913 g/mol. The van der Waals surface area contributed by atoms with Crippen LogP contribution in [0.1, 0.15) is 16.7 Å². The number of nitriles is 1. The number of halogens is 6. The van der Waals surface area contributed by atoms with Gasteiger partial charge in [0.25, 0.3) is 0 Å². The molecule has 0 unspecified atom stereocenters. The molecule has 0 aliphatic carbocycles. The Bertz CT molecular complexity index is 3690. The number of fused-ring (bicyclic) bond motifs is 6. The zero-order valence-electron chi connectivity index (χ0n) is 38.0. The molecule has 0 amide bonds. The Balaban J connectivity index is 1.25. The van der Waals surface area contributed by atoms with E-state index in [0.29, 0.717) is 40.3 Å². The fourth-order valence-electron chi connectivity index (χ4n) is 10.3. The summed E-state index contributed by atoms with van der Waals surface area (Å²) in [5.74, 6) is 0. The Morgan fingerprint density at radius 2 is 0.667 bits per heavy atom. The zero-order valence-corrected chi connectivity index (χ0v) is 38.0. The van der Waals surface area contributed by atoms with Gasteiger partial charge in [-0.15, -0.1) is 0 Å². The van der Waals surface area contributed by atoms with Crippen molar-refractivity contribution in [2.75, 3.05) is 0 Å². The molecule has 0 aliphatic rings.